The number of hydrogen-bond acceptors (Lipinski definition) is 1. The lowest BCUT2D eigenvalue weighted by Gasteiger charge is -2.60. The summed E-state index contributed by atoms with van der Waals surface area (Å²) in [5.74, 6) is 2.79. The van der Waals surface area contributed by atoms with Crippen LogP contribution in [-0.2, 0) is 0 Å². The molecular weight excluding hydrogens is 335 g/mol. The van der Waals surface area contributed by atoms with Crippen LogP contribution in [0.4, 0.5) is 0 Å². The number of aliphatic hydroxyl groups is 1. The van der Waals surface area contributed by atoms with Crippen LogP contribution in [-0.4, -0.2) is 20.8 Å². The van der Waals surface area contributed by atoms with E-state index in [-0.39, 0.29) is 18.7 Å². The molecule has 3 unspecified atom stereocenters. The molecule has 3 atom stereocenters. The monoisotopic (exact) mass is 374 g/mol. The summed E-state index contributed by atoms with van der Waals surface area (Å²) >= 11 is 0. The first-order chi connectivity index (χ1) is 12.2. The van der Waals surface area contributed by atoms with Crippen LogP contribution in [0.5, 0.6) is 0 Å². The second-order valence-electron chi connectivity index (χ2n) is 12.4. The molecule has 0 aromatic carbocycles. The standard InChI is InChI=1S/C24H39OP/c1-20(2)19-8-9-21(20,3)24(25,16-19)26(22-10-4-17(14-22)5-11-22)23-12-6-18(15-23)7-13-23/h17-19,25H,4-16H2,1-3H3. The molecule has 1 nitrogen and oxygen atoms in total. The molecule has 6 bridgehead atoms. The molecule has 6 rings (SSSR count). The minimum Gasteiger partial charge on any atom is -0.385 e. The van der Waals surface area contributed by atoms with Crippen LogP contribution in [0.25, 0.3) is 0 Å². The molecule has 146 valence electrons. The van der Waals surface area contributed by atoms with Crippen molar-refractivity contribution in [2.75, 3.05) is 0 Å². The fourth-order valence-corrected chi connectivity index (χ4v) is 16.0. The highest BCUT2D eigenvalue weighted by Crippen LogP contribution is 2.88. The second-order valence-corrected chi connectivity index (χ2v) is 15.7. The normalized spacial score (nSPS) is 60.2. The zero-order valence-electron chi connectivity index (χ0n) is 17.3. The van der Waals surface area contributed by atoms with Crippen molar-refractivity contribution in [3.05, 3.63) is 0 Å². The van der Waals surface area contributed by atoms with Crippen molar-refractivity contribution < 1.29 is 5.11 Å². The van der Waals surface area contributed by atoms with E-state index in [1.54, 1.807) is 0 Å². The Morgan fingerprint density at radius 2 is 1.19 bits per heavy atom. The summed E-state index contributed by atoms with van der Waals surface area (Å²) < 4.78 is 0. The predicted octanol–water partition coefficient (Wildman–Crippen LogP) is 6.67. The Kier molecular flexibility index (Phi) is 3.27. The molecule has 6 saturated carbocycles. The van der Waals surface area contributed by atoms with Gasteiger partial charge in [0, 0.05) is 5.41 Å². The highest BCUT2D eigenvalue weighted by atomic mass is 31.1. The summed E-state index contributed by atoms with van der Waals surface area (Å²) in [4.78, 5) is 0. The lowest BCUT2D eigenvalue weighted by atomic mass is 9.69. The van der Waals surface area contributed by atoms with Crippen LogP contribution in [0.1, 0.15) is 104 Å². The van der Waals surface area contributed by atoms with E-state index >= 15 is 0 Å². The van der Waals surface area contributed by atoms with Gasteiger partial charge in [0.05, 0.1) is 5.34 Å². The zero-order chi connectivity index (χ0) is 18.0. The lowest BCUT2D eigenvalue weighted by molar-refractivity contribution is -0.0249. The Balaban J connectivity index is 1.51. The minimum atomic E-state index is -0.326. The minimum absolute atomic E-state index is 0.168. The molecule has 0 aromatic rings. The molecule has 0 amide bonds. The zero-order valence-corrected chi connectivity index (χ0v) is 18.2. The number of rotatable bonds is 3. The molecule has 6 fully saturated rings. The van der Waals surface area contributed by atoms with E-state index in [0.29, 0.717) is 15.7 Å². The molecule has 0 aliphatic heterocycles. The molecule has 6 aliphatic rings. The summed E-state index contributed by atoms with van der Waals surface area (Å²) in [5, 5.41) is 13.6. The Morgan fingerprint density at radius 3 is 1.50 bits per heavy atom. The topological polar surface area (TPSA) is 20.2 Å². The predicted molar refractivity (Wildman–Crippen MR) is 110 cm³/mol. The third kappa shape index (κ3) is 1.75. The third-order valence-electron chi connectivity index (χ3n) is 11.6. The number of hydrogen-bond donors (Lipinski definition) is 1. The highest BCUT2D eigenvalue weighted by molar-refractivity contribution is 7.62. The summed E-state index contributed by atoms with van der Waals surface area (Å²) in [7, 11) is -0.298. The van der Waals surface area contributed by atoms with Gasteiger partial charge < -0.3 is 5.11 Å². The summed E-state index contributed by atoms with van der Waals surface area (Å²) in [5.41, 5.74) is 0.504. The van der Waals surface area contributed by atoms with Gasteiger partial charge >= 0.3 is 0 Å². The van der Waals surface area contributed by atoms with E-state index in [9.17, 15) is 5.11 Å². The van der Waals surface area contributed by atoms with E-state index in [1.165, 1.54) is 77.0 Å². The lowest BCUT2D eigenvalue weighted by Crippen LogP contribution is -2.53. The average Bonchev–Trinajstić information content (AvgIpc) is 3.40. The maximum absolute atomic E-state index is 12.8. The van der Waals surface area contributed by atoms with Gasteiger partial charge in [-0.25, -0.2) is 0 Å². The van der Waals surface area contributed by atoms with Gasteiger partial charge in [-0.2, -0.15) is 0 Å². The second kappa shape index (κ2) is 4.92. The molecular formula is C24H39OP. The molecule has 2 heteroatoms. The van der Waals surface area contributed by atoms with Gasteiger partial charge in [-0.05, 0) is 117 Å². The highest BCUT2D eigenvalue weighted by Gasteiger charge is 2.76. The number of fused-ring (bicyclic) bond motifs is 6. The maximum atomic E-state index is 12.8. The fourth-order valence-electron chi connectivity index (χ4n) is 9.82. The first-order valence-corrected chi connectivity index (χ1v) is 13.1. The van der Waals surface area contributed by atoms with Crippen LogP contribution < -0.4 is 0 Å². The average molecular weight is 375 g/mol. The Labute approximate surface area is 161 Å². The van der Waals surface area contributed by atoms with Gasteiger partial charge in [0.25, 0.3) is 0 Å². The van der Waals surface area contributed by atoms with Crippen molar-refractivity contribution in [1.29, 1.82) is 0 Å². The van der Waals surface area contributed by atoms with E-state index in [4.69, 9.17) is 0 Å². The van der Waals surface area contributed by atoms with E-state index in [0.717, 1.165) is 24.2 Å². The van der Waals surface area contributed by atoms with Crippen LogP contribution in [0.2, 0.25) is 0 Å². The van der Waals surface area contributed by atoms with Crippen molar-refractivity contribution in [1.82, 2.24) is 0 Å². The van der Waals surface area contributed by atoms with Gasteiger partial charge in [0.2, 0.25) is 0 Å². The van der Waals surface area contributed by atoms with E-state index < -0.39 is 0 Å². The molecule has 26 heavy (non-hydrogen) atoms. The Bertz CT molecular complexity index is 594. The van der Waals surface area contributed by atoms with Gasteiger partial charge in [-0.15, -0.1) is 0 Å². The van der Waals surface area contributed by atoms with E-state index in [1.807, 2.05) is 0 Å². The first kappa shape index (κ1) is 17.3. The molecule has 0 heterocycles. The van der Waals surface area contributed by atoms with Crippen molar-refractivity contribution in [3.63, 3.8) is 0 Å². The molecule has 0 spiro atoms. The van der Waals surface area contributed by atoms with Crippen LogP contribution in [0.3, 0.4) is 0 Å². The van der Waals surface area contributed by atoms with Gasteiger partial charge in [-0.3, -0.25) is 0 Å². The molecule has 0 aromatic heterocycles. The van der Waals surface area contributed by atoms with Gasteiger partial charge in [-0.1, -0.05) is 28.7 Å². The molecule has 1 N–H and O–H groups in total. The van der Waals surface area contributed by atoms with Crippen molar-refractivity contribution in [3.8, 4) is 0 Å². The van der Waals surface area contributed by atoms with Crippen molar-refractivity contribution >= 4 is 7.92 Å². The van der Waals surface area contributed by atoms with Crippen molar-refractivity contribution in [2.24, 2.45) is 28.6 Å². The van der Waals surface area contributed by atoms with Gasteiger partial charge in [0.1, 0.15) is 0 Å². The van der Waals surface area contributed by atoms with E-state index in [2.05, 4.69) is 20.8 Å². The largest absolute Gasteiger partial charge is 0.385 e. The van der Waals surface area contributed by atoms with Gasteiger partial charge in [0.15, 0.2) is 0 Å². The quantitative estimate of drug-likeness (QED) is 0.547. The summed E-state index contributed by atoms with van der Waals surface area (Å²) in [6, 6.07) is 0. The molecule has 0 saturated heterocycles. The smallest absolute Gasteiger partial charge is 0.0906 e. The third-order valence-corrected chi connectivity index (χ3v) is 16.2. The Hall–Kier alpha value is 0.390. The summed E-state index contributed by atoms with van der Waals surface area (Å²) in [6.07, 6.45) is 18.6. The first-order valence-electron chi connectivity index (χ1n) is 11.8. The fraction of sp³-hybridized carbons (Fsp3) is 1.00. The SMILES string of the molecule is CC1(C)C2CCC1(C)C(O)(P(C13CCC(CC1)C3)C13CCC(CC1)C3)C2. The Morgan fingerprint density at radius 1 is 0.692 bits per heavy atom. The summed E-state index contributed by atoms with van der Waals surface area (Å²) in [6.45, 7) is 7.57. The molecule has 0 radical (unpaired) electrons. The van der Waals surface area contributed by atoms with Crippen LogP contribution in [0.15, 0.2) is 0 Å². The van der Waals surface area contributed by atoms with Crippen LogP contribution in [0, 0.1) is 28.6 Å². The molecule has 6 aliphatic carbocycles. The maximum Gasteiger partial charge on any atom is 0.0906 e. The van der Waals surface area contributed by atoms with Crippen molar-refractivity contribution in [2.45, 2.75) is 120 Å². The van der Waals surface area contributed by atoms with Crippen LogP contribution >= 0.6 is 7.92 Å².